The highest BCUT2D eigenvalue weighted by molar-refractivity contribution is 6.36. The lowest BCUT2D eigenvalue weighted by molar-refractivity contribution is -0.150. The van der Waals surface area contributed by atoms with Crippen LogP contribution in [0, 0.1) is 0 Å². The molecule has 1 aromatic carbocycles. The fourth-order valence-corrected chi connectivity index (χ4v) is 2.24. The zero-order valence-corrected chi connectivity index (χ0v) is 17.6. The molecule has 0 fully saturated rings. The first kappa shape index (κ1) is 23.5. The number of rotatable bonds is 8. The van der Waals surface area contributed by atoms with Crippen LogP contribution in [-0.4, -0.2) is 36.2 Å². The fraction of sp³-hybridized carbons (Fsp3) is 0.450. The Morgan fingerprint density at radius 2 is 1.39 bits per heavy atom. The molecule has 0 saturated carbocycles. The SMILES string of the molecule is CC(C)OC(=O)C(=CNc1cccc(C(=O)OC(C)C)c1Cl)C(=O)OC(C)C. The fourth-order valence-electron chi connectivity index (χ4n) is 1.98. The lowest BCUT2D eigenvalue weighted by atomic mass is 10.2. The maximum absolute atomic E-state index is 12.2. The van der Waals surface area contributed by atoms with Gasteiger partial charge in [-0.3, -0.25) is 0 Å². The van der Waals surface area contributed by atoms with Crippen LogP contribution in [0.25, 0.3) is 0 Å². The third kappa shape index (κ3) is 7.23. The molecule has 0 heterocycles. The Hall–Kier alpha value is -2.54. The second-order valence-electron chi connectivity index (χ2n) is 6.73. The smallest absolute Gasteiger partial charge is 0.347 e. The summed E-state index contributed by atoms with van der Waals surface area (Å²) >= 11 is 6.27. The maximum atomic E-state index is 12.2. The van der Waals surface area contributed by atoms with Crippen molar-refractivity contribution in [2.24, 2.45) is 0 Å². The number of ether oxygens (including phenoxy) is 3. The van der Waals surface area contributed by atoms with Crippen LogP contribution in [-0.2, 0) is 23.8 Å². The van der Waals surface area contributed by atoms with Gasteiger partial charge in [-0.25, -0.2) is 14.4 Å². The van der Waals surface area contributed by atoms with E-state index in [1.807, 2.05) is 0 Å². The highest BCUT2D eigenvalue weighted by Gasteiger charge is 2.24. The molecule has 1 N–H and O–H groups in total. The Morgan fingerprint density at radius 3 is 1.86 bits per heavy atom. The quantitative estimate of drug-likeness (QED) is 0.226. The molecule has 154 valence electrons. The van der Waals surface area contributed by atoms with Gasteiger partial charge in [-0.2, -0.15) is 0 Å². The van der Waals surface area contributed by atoms with Crippen LogP contribution in [0.4, 0.5) is 5.69 Å². The molecule has 0 radical (unpaired) electrons. The first-order valence-electron chi connectivity index (χ1n) is 8.91. The summed E-state index contributed by atoms with van der Waals surface area (Å²) in [6, 6.07) is 4.70. The average molecular weight is 412 g/mol. The molecule has 0 unspecified atom stereocenters. The van der Waals surface area contributed by atoms with Gasteiger partial charge < -0.3 is 19.5 Å². The number of carbonyl (C=O) groups excluding carboxylic acids is 3. The van der Waals surface area contributed by atoms with Gasteiger partial charge in [0.1, 0.15) is 0 Å². The van der Waals surface area contributed by atoms with E-state index in [1.54, 1.807) is 53.7 Å². The van der Waals surface area contributed by atoms with Crippen LogP contribution in [0.1, 0.15) is 51.9 Å². The number of carbonyl (C=O) groups is 3. The molecule has 0 aromatic heterocycles. The third-order valence-electron chi connectivity index (χ3n) is 3.06. The highest BCUT2D eigenvalue weighted by Crippen LogP contribution is 2.27. The number of nitrogens with one attached hydrogen (secondary N) is 1. The van der Waals surface area contributed by atoms with Gasteiger partial charge in [0.05, 0.1) is 34.6 Å². The van der Waals surface area contributed by atoms with Crippen molar-refractivity contribution < 1.29 is 28.6 Å². The van der Waals surface area contributed by atoms with E-state index >= 15 is 0 Å². The van der Waals surface area contributed by atoms with E-state index in [4.69, 9.17) is 25.8 Å². The molecule has 0 amide bonds. The van der Waals surface area contributed by atoms with E-state index in [9.17, 15) is 14.4 Å². The van der Waals surface area contributed by atoms with Crippen LogP contribution >= 0.6 is 11.6 Å². The van der Waals surface area contributed by atoms with E-state index < -0.39 is 30.1 Å². The van der Waals surface area contributed by atoms with Crippen LogP contribution in [0.2, 0.25) is 5.02 Å². The van der Waals surface area contributed by atoms with Crippen molar-refractivity contribution in [1.82, 2.24) is 0 Å². The minimum Gasteiger partial charge on any atom is -0.459 e. The van der Waals surface area contributed by atoms with Gasteiger partial charge in [-0.05, 0) is 53.7 Å². The van der Waals surface area contributed by atoms with E-state index in [1.165, 1.54) is 6.07 Å². The first-order valence-corrected chi connectivity index (χ1v) is 9.28. The normalized spacial score (nSPS) is 10.6. The molecule has 0 aliphatic carbocycles. The Balaban J connectivity index is 3.16. The minimum atomic E-state index is -0.834. The van der Waals surface area contributed by atoms with Gasteiger partial charge in [-0.1, -0.05) is 17.7 Å². The number of anilines is 1. The molecule has 0 saturated heterocycles. The Labute approximate surface area is 170 Å². The Bertz CT molecular complexity index is 731. The molecule has 0 aliphatic heterocycles. The van der Waals surface area contributed by atoms with Crippen LogP contribution in [0.3, 0.4) is 0 Å². The molecule has 0 bridgehead atoms. The number of esters is 3. The molecule has 8 heteroatoms. The predicted octanol–water partition coefficient (Wildman–Crippen LogP) is 4.10. The lowest BCUT2D eigenvalue weighted by Crippen LogP contribution is -2.24. The van der Waals surface area contributed by atoms with E-state index in [-0.39, 0.29) is 22.3 Å². The largest absolute Gasteiger partial charge is 0.459 e. The van der Waals surface area contributed by atoms with Crippen molar-refractivity contribution in [3.8, 4) is 0 Å². The summed E-state index contributed by atoms with van der Waals surface area (Å²) in [5, 5.41) is 2.86. The second-order valence-corrected chi connectivity index (χ2v) is 7.11. The van der Waals surface area contributed by atoms with Crippen molar-refractivity contribution in [2.45, 2.75) is 59.9 Å². The monoisotopic (exact) mass is 411 g/mol. The van der Waals surface area contributed by atoms with Crippen molar-refractivity contribution in [3.63, 3.8) is 0 Å². The van der Waals surface area contributed by atoms with Crippen molar-refractivity contribution in [2.75, 3.05) is 5.32 Å². The van der Waals surface area contributed by atoms with Crippen molar-refractivity contribution in [3.05, 3.63) is 40.6 Å². The molecule has 0 atom stereocenters. The number of hydrogen-bond donors (Lipinski definition) is 1. The second kappa shape index (κ2) is 10.7. The summed E-state index contributed by atoms with van der Waals surface area (Å²) in [5.74, 6) is -2.24. The summed E-state index contributed by atoms with van der Waals surface area (Å²) in [6.45, 7) is 10.1. The minimum absolute atomic E-state index is 0.0956. The number of hydrogen-bond acceptors (Lipinski definition) is 7. The van der Waals surface area contributed by atoms with Gasteiger partial charge in [0.15, 0.2) is 5.57 Å². The maximum Gasteiger partial charge on any atom is 0.347 e. The molecule has 0 spiro atoms. The van der Waals surface area contributed by atoms with Crippen LogP contribution < -0.4 is 5.32 Å². The summed E-state index contributed by atoms with van der Waals surface area (Å²) < 4.78 is 15.3. The van der Waals surface area contributed by atoms with Gasteiger partial charge in [-0.15, -0.1) is 0 Å². The summed E-state index contributed by atoms with van der Waals surface area (Å²) in [6.07, 6.45) is 0.0120. The molecule has 0 aliphatic rings. The van der Waals surface area contributed by atoms with Crippen molar-refractivity contribution >= 4 is 35.2 Å². The molecular formula is C20H26ClNO6. The topological polar surface area (TPSA) is 90.9 Å². The summed E-state index contributed by atoms with van der Waals surface area (Å²) in [5.41, 5.74) is 0.144. The molecule has 1 aromatic rings. The standard InChI is InChI=1S/C20H26ClNO6/c1-11(2)26-18(23)14-8-7-9-16(17(14)21)22-10-15(19(24)27-12(3)4)20(25)28-13(5)6/h7-13,22H,1-6H3. The zero-order chi connectivity index (χ0) is 21.4. The molecular weight excluding hydrogens is 386 g/mol. The molecule has 7 nitrogen and oxygen atoms in total. The molecule has 1 rings (SSSR count). The highest BCUT2D eigenvalue weighted by atomic mass is 35.5. The van der Waals surface area contributed by atoms with Crippen LogP contribution in [0.5, 0.6) is 0 Å². The predicted molar refractivity (Wildman–Crippen MR) is 106 cm³/mol. The third-order valence-corrected chi connectivity index (χ3v) is 3.47. The average Bonchev–Trinajstić information content (AvgIpc) is 2.54. The van der Waals surface area contributed by atoms with Crippen LogP contribution in [0.15, 0.2) is 30.0 Å². The zero-order valence-electron chi connectivity index (χ0n) is 16.9. The number of halogens is 1. The molecule has 28 heavy (non-hydrogen) atoms. The van der Waals surface area contributed by atoms with Gasteiger partial charge in [0.2, 0.25) is 0 Å². The summed E-state index contributed by atoms with van der Waals surface area (Å²) in [4.78, 5) is 36.6. The van der Waals surface area contributed by atoms with E-state index in [0.29, 0.717) is 5.69 Å². The van der Waals surface area contributed by atoms with Crippen molar-refractivity contribution in [1.29, 1.82) is 0 Å². The Kier molecular flexibility index (Phi) is 8.99. The van der Waals surface area contributed by atoms with Gasteiger partial charge in [0, 0.05) is 6.20 Å². The van der Waals surface area contributed by atoms with E-state index in [0.717, 1.165) is 6.20 Å². The lowest BCUT2D eigenvalue weighted by Gasteiger charge is -2.14. The summed E-state index contributed by atoms with van der Waals surface area (Å²) in [7, 11) is 0. The first-order chi connectivity index (χ1) is 13.0. The Morgan fingerprint density at radius 1 is 0.893 bits per heavy atom. The number of benzene rings is 1. The van der Waals surface area contributed by atoms with Gasteiger partial charge >= 0.3 is 17.9 Å². The van der Waals surface area contributed by atoms with Gasteiger partial charge in [0.25, 0.3) is 0 Å². The van der Waals surface area contributed by atoms with E-state index in [2.05, 4.69) is 5.32 Å².